The Balaban J connectivity index is 1.72. The molecule has 5 heteroatoms. The van der Waals surface area contributed by atoms with Gasteiger partial charge in [0.25, 0.3) is 0 Å². The molecule has 0 saturated carbocycles. The van der Waals surface area contributed by atoms with Gasteiger partial charge < -0.3 is 9.88 Å². The smallest absolute Gasteiger partial charge is 0.237 e. The van der Waals surface area contributed by atoms with E-state index in [0.29, 0.717) is 5.92 Å². The number of hydrogen-bond acceptors (Lipinski definition) is 3. The number of nitrogens with one attached hydrogen (secondary N) is 1. The fraction of sp³-hybridized carbons (Fsp3) is 0.750. The lowest BCUT2D eigenvalue weighted by Gasteiger charge is -2.27. The van der Waals surface area contributed by atoms with Gasteiger partial charge in [0.1, 0.15) is 0 Å². The molecule has 118 valence electrons. The van der Waals surface area contributed by atoms with Crippen LogP contribution in [-0.4, -0.2) is 46.0 Å². The van der Waals surface area contributed by atoms with Crippen molar-refractivity contribution in [2.24, 2.45) is 5.92 Å². The maximum Gasteiger partial charge on any atom is 0.237 e. The minimum Gasteiger partial charge on any atom is -0.354 e. The Kier molecular flexibility index (Phi) is 6.23. The number of likely N-dealkylation sites (tertiary alicyclic amines) is 1. The summed E-state index contributed by atoms with van der Waals surface area (Å²) in [5.74, 6) is 0.564. The highest BCUT2D eigenvalue weighted by Crippen LogP contribution is 2.12. The van der Waals surface area contributed by atoms with Gasteiger partial charge in [0, 0.05) is 25.5 Å². The number of imidazole rings is 1. The molecule has 0 bridgehead atoms. The highest BCUT2D eigenvalue weighted by Gasteiger charge is 2.22. The first-order chi connectivity index (χ1) is 10.2. The van der Waals surface area contributed by atoms with Gasteiger partial charge in [-0.05, 0) is 38.8 Å². The van der Waals surface area contributed by atoms with Crippen LogP contribution in [0.5, 0.6) is 0 Å². The zero-order chi connectivity index (χ0) is 15.1. The van der Waals surface area contributed by atoms with E-state index < -0.39 is 0 Å². The number of carbonyl (C=O) groups is 1. The standard InChI is InChI=1S/C16H28N4O/c1-14(12-19-10-7-17-13-19)11-18-16(21)15(2)20-8-5-3-4-6-9-20/h7,10,13-15H,3-6,8-9,11-12H2,1-2H3,(H,18,21). The Bertz CT molecular complexity index is 410. The summed E-state index contributed by atoms with van der Waals surface area (Å²) in [6, 6.07) is -0.0106. The zero-order valence-electron chi connectivity index (χ0n) is 13.3. The van der Waals surface area contributed by atoms with Crippen LogP contribution in [-0.2, 0) is 11.3 Å². The van der Waals surface area contributed by atoms with E-state index in [4.69, 9.17) is 0 Å². The van der Waals surface area contributed by atoms with Crippen molar-refractivity contribution in [2.75, 3.05) is 19.6 Å². The predicted octanol–water partition coefficient (Wildman–Crippen LogP) is 1.90. The molecule has 1 aliphatic rings. The summed E-state index contributed by atoms with van der Waals surface area (Å²) in [7, 11) is 0. The third-order valence-corrected chi connectivity index (χ3v) is 4.27. The van der Waals surface area contributed by atoms with Crippen molar-refractivity contribution in [1.82, 2.24) is 19.8 Å². The minimum atomic E-state index is -0.0106. The fourth-order valence-corrected chi connectivity index (χ4v) is 2.89. The monoisotopic (exact) mass is 292 g/mol. The van der Waals surface area contributed by atoms with E-state index in [9.17, 15) is 4.79 Å². The predicted molar refractivity (Wildman–Crippen MR) is 83.9 cm³/mol. The number of aromatic nitrogens is 2. The molecular formula is C16H28N4O. The first-order valence-electron chi connectivity index (χ1n) is 8.14. The van der Waals surface area contributed by atoms with Gasteiger partial charge in [-0.25, -0.2) is 4.98 Å². The lowest BCUT2D eigenvalue weighted by Crippen LogP contribution is -2.46. The molecule has 2 rings (SSSR count). The van der Waals surface area contributed by atoms with Gasteiger partial charge in [0.2, 0.25) is 5.91 Å². The molecule has 0 aromatic carbocycles. The van der Waals surface area contributed by atoms with E-state index >= 15 is 0 Å². The number of carbonyl (C=O) groups excluding carboxylic acids is 1. The third kappa shape index (κ3) is 5.16. The van der Waals surface area contributed by atoms with Crippen molar-refractivity contribution in [3.05, 3.63) is 18.7 Å². The summed E-state index contributed by atoms with van der Waals surface area (Å²) >= 11 is 0. The average Bonchev–Trinajstić information content (AvgIpc) is 2.83. The largest absolute Gasteiger partial charge is 0.354 e. The van der Waals surface area contributed by atoms with E-state index in [0.717, 1.165) is 26.2 Å². The number of nitrogens with zero attached hydrogens (tertiary/aromatic N) is 3. The van der Waals surface area contributed by atoms with Crippen LogP contribution in [0.15, 0.2) is 18.7 Å². The summed E-state index contributed by atoms with van der Waals surface area (Å²) in [5, 5.41) is 3.10. The van der Waals surface area contributed by atoms with E-state index in [1.54, 1.807) is 6.20 Å². The fourth-order valence-electron chi connectivity index (χ4n) is 2.89. The summed E-state index contributed by atoms with van der Waals surface area (Å²) in [4.78, 5) is 18.6. The zero-order valence-corrected chi connectivity index (χ0v) is 13.3. The molecule has 1 aromatic heterocycles. The maximum atomic E-state index is 12.3. The summed E-state index contributed by atoms with van der Waals surface area (Å²) in [6.07, 6.45) is 10.6. The second-order valence-electron chi connectivity index (χ2n) is 6.24. The molecule has 2 unspecified atom stereocenters. The highest BCUT2D eigenvalue weighted by molar-refractivity contribution is 5.81. The molecule has 21 heavy (non-hydrogen) atoms. The maximum absolute atomic E-state index is 12.3. The molecule has 0 aliphatic carbocycles. The Morgan fingerprint density at radius 2 is 1.95 bits per heavy atom. The van der Waals surface area contributed by atoms with Gasteiger partial charge in [-0.2, -0.15) is 0 Å². The van der Waals surface area contributed by atoms with Gasteiger partial charge >= 0.3 is 0 Å². The Labute approximate surface area is 127 Å². The number of amides is 1. The molecule has 5 nitrogen and oxygen atoms in total. The van der Waals surface area contributed by atoms with Gasteiger partial charge in [-0.3, -0.25) is 9.69 Å². The van der Waals surface area contributed by atoms with Crippen LogP contribution < -0.4 is 5.32 Å². The molecule has 2 heterocycles. The molecule has 1 N–H and O–H groups in total. The van der Waals surface area contributed by atoms with Crippen molar-refractivity contribution in [1.29, 1.82) is 0 Å². The van der Waals surface area contributed by atoms with Crippen molar-refractivity contribution in [3.63, 3.8) is 0 Å². The lowest BCUT2D eigenvalue weighted by molar-refractivity contribution is -0.126. The number of hydrogen-bond donors (Lipinski definition) is 1. The molecular weight excluding hydrogens is 264 g/mol. The molecule has 0 spiro atoms. The topological polar surface area (TPSA) is 50.2 Å². The molecule has 1 aromatic rings. The lowest BCUT2D eigenvalue weighted by atomic mass is 10.1. The van der Waals surface area contributed by atoms with Crippen LogP contribution in [0.3, 0.4) is 0 Å². The Morgan fingerprint density at radius 3 is 2.57 bits per heavy atom. The molecule has 1 saturated heterocycles. The van der Waals surface area contributed by atoms with Crippen LogP contribution in [0, 0.1) is 5.92 Å². The van der Waals surface area contributed by atoms with E-state index in [1.165, 1.54) is 25.7 Å². The van der Waals surface area contributed by atoms with Crippen molar-refractivity contribution in [2.45, 2.75) is 52.1 Å². The first-order valence-corrected chi connectivity index (χ1v) is 8.14. The SMILES string of the molecule is CC(CNC(=O)C(C)N1CCCCCC1)Cn1ccnc1. The van der Waals surface area contributed by atoms with Gasteiger partial charge in [0.05, 0.1) is 12.4 Å². The normalized spacial score (nSPS) is 19.7. The van der Waals surface area contributed by atoms with Crippen molar-refractivity contribution in [3.8, 4) is 0 Å². The van der Waals surface area contributed by atoms with Crippen LogP contribution in [0.1, 0.15) is 39.5 Å². The van der Waals surface area contributed by atoms with E-state index in [1.807, 2.05) is 19.4 Å². The third-order valence-electron chi connectivity index (χ3n) is 4.27. The molecule has 1 fully saturated rings. The second-order valence-corrected chi connectivity index (χ2v) is 6.24. The molecule has 1 amide bonds. The highest BCUT2D eigenvalue weighted by atomic mass is 16.2. The van der Waals surface area contributed by atoms with Crippen LogP contribution in [0.25, 0.3) is 0 Å². The van der Waals surface area contributed by atoms with Gasteiger partial charge in [-0.1, -0.05) is 19.8 Å². The van der Waals surface area contributed by atoms with Crippen molar-refractivity contribution >= 4 is 5.91 Å². The Morgan fingerprint density at radius 1 is 1.24 bits per heavy atom. The van der Waals surface area contributed by atoms with Crippen LogP contribution in [0.2, 0.25) is 0 Å². The molecule has 1 aliphatic heterocycles. The summed E-state index contributed by atoms with van der Waals surface area (Å²) in [5.41, 5.74) is 0. The summed E-state index contributed by atoms with van der Waals surface area (Å²) < 4.78 is 2.05. The second kappa shape index (κ2) is 8.17. The Hall–Kier alpha value is -1.36. The van der Waals surface area contributed by atoms with Gasteiger partial charge in [0.15, 0.2) is 0 Å². The number of rotatable bonds is 6. The van der Waals surface area contributed by atoms with Crippen LogP contribution in [0.4, 0.5) is 0 Å². The first kappa shape index (κ1) is 16.0. The molecule has 2 atom stereocenters. The van der Waals surface area contributed by atoms with E-state index in [2.05, 4.69) is 26.7 Å². The van der Waals surface area contributed by atoms with Crippen molar-refractivity contribution < 1.29 is 4.79 Å². The summed E-state index contributed by atoms with van der Waals surface area (Å²) in [6.45, 7) is 7.89. The quantitative estimate of drug-likeness (QED) is 0.871. The molecule has 0 radical (unpaired) electrons. The average molecular weight is 292 g/mol. The van der Waals surface area contributed by atoms with Gasteiger partial charge in [-0.15, -0.1) is 0 Å². The van der Waals surface area contributed by atoms with Crippen LogP contribution >= 0.6 is 0 Å². The van der Waals surface area contributed by atoms with E-state index in [-0.39, 0.29) is 11.9 Å². The minimum absolute atomic E-state index is 0.0106.